The van der Waals surface area contributed by atoms with Crippen molar-refractivity contribution in [2.45, 2.75) is 24.9 Å². The van der Waals surface area contributed by atoms with E-state index >= 15 is 0 Å². The van der Waals surface area contributed by atoms with Crippen molar-refractivity contribution in [3.05, 3.63) is 0 Å². The van der Waals surface area contributed by atoms with E-state index in [1.807, 2.05) is 0 Å². The Hall–Kier alpha value is -0.350. The minimum absolute atomic E-state index is 0.0255. The van der Waals surface area contributed by atoms with Gasteiger partial charge in [-0.1, -0.05) is 12.8 Å². The first kappa shape index (κ1) is 14.6. The standard InChI is InChI=1S/C9H14O4S2/c1-3-5-15-9(7(10)6-12-14)13-8(11)4-2/h1,7,9-10,14H,4-6H2,2H3. The van der Waals surface area contributed by atoms with Crippen molar-refractivity contribution in [3.8, 4) is 12.3 Å². The number of thiol groups is 1. The Balaban J connectivity index is 4.17. The van der Waals surface area contributed by atoms with Gasteiger partial charge in [-0.15, -0.1) is 18.2 Å². The number of esters is 1. The molecule has 0 aliphatic carbocycles. The van der Waals surface area contributed by atoms with E-state index in [0.717, 1.165) is 0 Å². The van der Waals surface area contributed by atoms with Gasteiger partial charge in [0, 0.05) is 6.42 Å². The molecule has 0 aromatic carbocycles. The van der Waals surface area contributed by atoms with Crippen LogP contribution >= 0.6 is 24.7 Å². The van der Waals surface area contributed by atoms with Crippen LogP contribution < -0.4 is 0 Å². The molecule has 0 fully saturated rings. The number of aliphatic hydroxyl groups excluding tert-OH is 1. The predicted octanol–water partition coefficient (Wildman–Crippen LogP) is 0.854. The zero-order valence-electron chi connectivity index (χ0n) is 8.38. The van der Waals surface area contributed by atoms with Crippen LogP contribution in [0.15, 0.2) is 0 Å². The van der Waals surface area contributed by atoms with E-state index in [1.165, 1.54) is 11.8 Å². The molecule has 0 bridgehead atoms. The third kappa shape index (κ3) is 6.68. The molecule has 0 spiro atoms. The van der Waals surface area contributed by atoms with Crippen LogP contribution in [0.3, 0.4) is 0 Å². The van der Waals surface area contributed by atoms with Gasteiger partial charge in [-0.3, -0.25) is 4.79 Å². The van der Waals surface area contributed by atoms with Crippen LogP contribution in [0.25, 0.3) is 0 Å². The molecule has 0 aromatic rings. The first-order chi connectivity index (χ1) is 7.15. The van der Waals surface area contributed by atoms with Crippen LogP contribution in [-0.2, 0) is 13.7 Å². The average Bonchev–Trinajstić information content (AvgIpc) is 2.24. The molecule has 0 amide bonds. The van der Waals surface area contributed by atoms with Crippen LogP contribution in [0.4, 0.5) is 0 Å². The molecule has 0 rings (SSSR count). The van der Waals surface area contributed by atoms with Gasteiger partial charge in [0.25, 0.3) is 0 Å². The van der Waals surface area contributed by atoms with Crippen molar-refractivity contribution in [1.29, 1.82) is 0 Å². The van der Waals surface area contributed by atoms with Crippen molar-refractivity contribution < 1.29 is 18.8 Å². The quantitative estimate of drug-likeness (QED) is 0.231. The largest absolute Gasteiger partial charge is 0.448 e. The summed E-state index contributed by atoms with van der Waals surface area (Å²) in [6, 6.07) is 0. The summed E-state index contributed by atoms with van der Waals surface area (Å²) in [5, 5.41) is 9.54. The van der Waals surface area contributed by atoms with Crippen molar-refractivity contribution in [2.24, 2.45) is 0 Å². The highest BCUT2D eigenvalue weighted by Gasteiger charge is 2.23. The lowest BCUT2D eigenvalue weighted by Crippen LogP contribution is -2.31. The van der Waals surface area contributed by atoms with Gasteiger partial charge < -0.3 is 14.0 Å². The Bertz CT molecular complexity index is 227. The number of carbonyl (C=O) groups is 1. The SMILES string of the molecule is C#CCSC(OC(=O)CC)C(O)COS. The lowest BCUT2D eigenvalue weighted by Gasteiger charge is -2.20. The molecule has 2 unspecified atom stereocenters. The Morgan fingerprint density at radius 3 is 2.87 bits per heavy atom. The summed E-state index contributed by atoms with van der Waals surface area (Å²) in [7, 11) is 0. The summed E-state index contributed by atoms with van der Waals surface area (Å²) in [6.07, 6.45) is 4.39. The number of terminal acetylenes is 1. The van der Waals surface area contributed by atoms with E-state index in [9.17, 15) is 9.90 Å². The van der Waals surface area contributed by atoms with Gasteiger partial charge in [0.1, 0.15) is 6.10 Å². The van der Waals surface area contributed by atoms with Crippen LogP contribution in [0.2, 0.25) is 0 Å². The maximum absolute atomic E-state index is 11.0. The Kier molecular flexibility index (Phi) is 8.71. The summed E-state index contributed by atoms with van der Waals surface area (Å²) in [6.45, 7) is 1.65. The second-order valence-electron chi connectivity index (χ2n) is 2.59. The molecule has 15 heavy (non-hydrogen) atoms. The second kappa shape index (κ2) is 8.92. The van der Waals surface area contributed by atoms with Crippen molar-refractivity contribution in [2.75, 3.05) is 12.4 Å². The number of rotatable bonds is 7. The van der Waals surface area contributed by atoms with E-state index in [4.69, 9.17) is 11.2 Å². The molecular weight excluding hydrogens is 236 g/mol. The van der Waals surface area contributed by atoms with E-state index in [2.05, 4.69) is 23.0 Å². The summed E-state index contributed by atoms with van der Waals surface area (Å²) in [5.74, 6) is 2.35. The monoisotopic (exact) mass is 250 g/mol. The molecule has 2 atom stereocenters. The molecule has 4 nitrogen and oxygen atoms in total. The fourth-order valence-corrected chi connectivity index (χ4v) is 1.61. The van der Waals surface area contributed by atoms with Crippen LogP contribution in [0.5, 0.6) is 0 Å². The average molecular weight is 250 g/mol. The van der Waals surface area contributed by atoms with Crippen LogP contribution in [0.1, 0.15) is 13.3 Å². The van der Waals surface area contributed by atoms with Gasteiger partial charge in [-0.05, 0) is 12.9 Å². The molecule has 0 saturated carbocycles. The predicted molar refractivity (Wildman–Crippen MR) is 62.4 cm³/mol. The second-order valence-corrected chi connectivity index (χ2v) is 3.93. The smallest absolute Gasteiger partial charge is 0.306 e. The number of ether oxygens (including phenoxy) is 1. The van der Waals surface area contributed by atoms with Crippen molar-refractivity contribution in [3.63, 3.8) is 0 Å². The molecule has 0 aliphatic heterocycles. The first-order valence-corrected chi connectivity index (χ1v) is 5.76. The number of hydrogen-bond donors (Lipinski definition) is 2. The zero-order valence-corrected chi connectivity index (χ0v) is 10.1. The summed E-state index contributed by atoms with van der Waals surface area (Å²) < 4.78 is 9.45. The first-order valence-electron chi connectivity index (χ1n) is 4.34. The maximum Gasteiger partial charge on any atom is 0.306 e. The highest BCUT2D eigenvalue weighted by molar-refractivity contribution is 8.00. The van der Waals surface area contributed by atoms with Crippen molar-refractivity contribution >= 4 is 30.6 Å². The van der Waals surface area contributed by atoms with E-state index in [0.29, 0.717) is 5.75 Å². The van der Waals surface area contributed by atoms with Crippen molar-refractivity contribution in [1.82, 2.24) is 0 Å². The summed E-state index contributed by atoms with van der Waals surface area (Å²) >= 11 is 4.68. The number of hydrogen-bond acceptors (Lipinski definition) is 6. The fourth-order valence-electron chi connectivity index (χ4n) is 0.722. The maximum atomic E-state index is 11.0. The Morgan fingerprint density at radius 1 is 1.73 bits per heavy atom. The molecule has 0 aliphatic rings. The lowest BCUT2D eigenvalue weighted by atomic mass is 10.4. The summed E-state index contributed by atoms with van der Waals surface area (Å²) in [5.41, 5.74) is -0.708. The topological polar surface area (TPSA) is 55.8 Å². The highest BCUT2D eigenvalue weighted by Crippen LogP contribution is 2.17. The van der Waals surface area contributed by atoms with E-state index in [1.54, 1.807) is 6.92 Å². The van der Waals surface area contributed by atoms with Gasteiger partial charge in [0.15, 0.2) is 5.44 Å². The van der Waals surface area contributed by atoms with Gasteiger partial charge in [0.05, 0.1) is 12.4 Å². The fraction of sp³-hybridized carbons (Fsp3) is 0.667. The van der Waals surface area contributed by atoms with Crippen LogP contribution in [-0.4, -0.2) is 35.0 Å². The number of aliphatic hydroxyl groups is 1. The van der Waals surface area contributed by atoms with Gasteiger partial charge >= 0.3 is 5.97 Å². The minimum atomic E-state index is -0.934. The van der Waals surface area contributed by atoms with E-state index < -0.39 is 11.5 Å². The highest BCUT2D eigenvalue weighted by atomic mass is 32.2. The summed E-state index contributed by atoms with van der Waals surface area (Å²) in [4.78, 5) is 11.0. The lowest BCUT2D eigenvalue weighted by molar-refractivity contribution is -0.149. The van der Waals surface area contributed by atoms with Gasteiger partial charge in [-0.2, -0.15) is 0 Å². The molecule has 0 heterocycles. The molecule has 6 heteroatoms. The van der Waals surface area contributed by atoms with E-state index in [-0.39, 0.29) is 19.0 Å². The number of thioether (sulfide) groups is 1. The molecule has 0 radical (unpaired) electrons. The molecular formula is C9H14O4S2. The van der Waals surface area contributed by atoms with Gasteiger partial charge in [0.2, 0.25) is 0 Å². The molecule has 0 saturated heterocycles. The Labute approximate surface area is 99.3 Å². The zero-order chi connectivity index (χ0) is 11.7. The third-order valence-corrected chi connectivity index (χ3v) is 2.65. The minimum Gasteiger partial charge on any atom is -0.448 e. The molecule has 0 aromatic heterocycles. The third-order valence-electron chi connectivity index (χ3n) is 1.43. The molecule has 86 valence electrons. The molecule has 1 N–H and O–H groups in total. The Morgan fingerprint density at radius 2 is 2.40 bits per heavy atom. The normalized spacial score (nSPS) is 14.0. The van der Waals surface area contributed by atoms with Gasteiger partial charge in [-0.25, -0.2) is 0 Å². The number of carbonyl (C=O) groups excluding carboxylic acids is 1. The van der Waals surface area contributed by atoms with Crippen LogP contribution in [0, 0.1) is 12.3 Å².